The summed E-state index contributed by atoms with van der Waals surface area (Å²) in [6.07, 6.45) is 4.42. The van der Waals surface area contributed by atoms with Gasteiger partial charge in [-0.05, 0) is 61.3 Å². The topological polar surface area (TPSA) is 84.8 Å². The summed E-state index contributed by atoms with van der Waals surface area (Å²) in [5, 5.41) is 3.35. The normalized spacial score (nSPS) is 15.7. The first-order valence-corrected chi connectivity index (χ1v) is 10.3. The van der Waals surface area contributed by atoms with Gasteiger partial charge in [0.25, 0.3) is 0 Å². The third kappa shape index (κ3) is 6.76. The van der Waals surface area contributed by atoms with E-state index in [1.807, 2.05) is 12.1 Å². The molecule has 8 heteroatoms. The number of nitrogens with one attached hydrogen (secondary N) is 3. The Morgan fingerprint density at radius 1 is 1.21 bits per heavy atom. The molecule has 2 heterocycles. The second-order valence-electron chi connectivity index (χ2n) is 6.87. The quantitative estimate of drug-likeness (QED) is 0.450. The summed E-state index contributed by atoms with van der Waals surface area (Å²) in [6, 6.07) is 11.3. The van der Waals surface area contributed by atoms with Crippen LogP contribution in [0.25, 0.3) is 0 Å². The van der Waals surface area contributed by atoms with Crippen molar-refractivity contribution in [2.24, 2.45) is 0 Å². The van der Waals surface area contributed by atoms with E-state index in [9.17, 15) is 4.79 Å². The van der Waals surface area contributed by atoms with E-state index in [0.29, 0.717) is 17.4 Å². The number of benzene rings is 1. The van der Waals surface area contributed by atoms with E-state index in [-0.39, 0.29) is 18.5 Å². The van der Waals surface area contributed by atoms with Crippen LogP contribution in [-0.4, -0.2) is 30.3 Å². The monoisotopic (exact) mass is 417 g/mol. The number of carbonyl (C=O) groups is 1. The molecule has 3 N–H and O–H groups in total. The third-order valence-corrected chi connectivity index (χ3v) is 4.78. The Morgan fingerprint density at radius 2 is 2.03 bits per heavy atom. The SMILES string of the molecule is CCCc1ccc(OCc2ccc(C(=O)NNC(=S)NC[C@@H]3CCCO3)o2)cc1. The number of hydrogen-bond acceptors (Lipinski definition) is 5. The molecule has 1 amide bonds. The molecule has 1 saturated heterocycles. The smallest absolute Gasteiger partial charge is 0.305 e. The van der Waals surface area contributed by atoms with Crippen molar-refractivity contribution in [3.63, 3.8) is 0 Å². The van der Waals surface area contributed by atoms with E-state index >= 15 is 0 Å². The number of furan rings is 1. The average molecular weight is 418 g/mol. The zero-order valence-electron chi connectivity index (χ0n) is 16.5. The molecule has 1 aromatic carbocycles. The highest BCUT2D eigenvalue weighted by molar-refractivity contribution is 7.80. The first-order chi connectivity index (χ1) is 14.1. The molecule has 1 atom stereocenters. The highest BCUT2D eigenvalue weighted by Crippen LogP contribution is 2.16. The third-order valence-electron chi connectivity index (χ3n) is 4.53. The Hall–Kier alpha value is -2.58. The number of hydrogen-bond donors (Lipinski definition) is 3. The average Bonchev–Trinajstić information content (AvgIpc) is 3.42. The van der Waals surface area contributed by atoms with Crippen LogP contribution in [0.1, 0.15) is 48.1 Å². The minimum absolute atomic E-state index is 0.168. The van der Waals surface area contributed by atoms with Gasteiger partial charge in [0.2, 0.25) is 0 Å². The molecule has 0 spiro atoms. The summed E-state index contributed by atoms with van der Waals surface area (Å²) in [7, 11) is 0. The van der Waals surface area contributed by atoms with Crippen LogP contribution in [0.4, 0.5) is 0 Å². The van der Waals surface area contributed by atoms with Gasteiger partial charge in [-0.25, -0.2) is 0 Å². The molecule has 0 saturated carbocycles. The van der Waals surface area contributed by atoms with Gasteiger partial charge in [-0.1, -0.05) is 25.5 Å². The fourth-order valence-electron chi connectivity index (χ4n) is 3.00. The maximum atomic E-state index is 12.2. The lowest BCUT2D eigenvalue weighted by atomic mass is 10.1. The molecule has 1 aliphatic rings. The molecule has 1 fully saturated rings. The number of ether oxygens (including phenoxy) is 2. The first kappa shape index (κ1) is 21.1. The van der Waals surface area contributed by atoms with Crippen molar-refractivity contribution in [1.82, 2.24) is 16.2 Å². The van der Waals surface area contributed by atoms with E-state index in [1.54, 1.807) is 12.1 Å². The standard InChI is InChI=1S/C21H27N3O4S/c1-2-4-15-6-8-16(9-7-15)27-14-18-10-11-19(28-18)20(25)23-24-21(29)22-13-17-5-3-12-26-17/h6-11,17H,2-5,12-14H2,1H3,(H,23,25)(H2,22,24,29)/t17-/m0/s1. The van der Waals surface area contributed by atoms with E-state index in [4.69, 9.17) is 26.1 Å². The molecule has 1 aromatic heterocycles. The van der Waals surface area contributed by atoms with E-state index in [2.05, 4.69) is 35.2 Å². The fourth-order valence-corrected chi connectivity index (χ4v) is 3.14. The summed E-state index contributed by atoms with van der Waals surface area (Å²) in [5.41, 5.74) is 6.46. The molecule has 0 radical (unpaired) electrons. The summed E-state index contributed by atoms with van der Waals surface area (Å²) in [6.45, 7) is 3.80. The summed E-state index contributed by atoms with van der Waals surface area (Å²) in [5.74, 6) is 1.08. The van der Waals surface area contributed by atoms with Gasteiger partial charge in [-0.3, -0.25) is 15.6 Å². The lowest BCUT2D eigenvalue weighted by Crippen LogP contribution is -2.48. The van der Waals surface area contributed by atoms with Crippen LogP contribution >= 0.6 is 12.2 Å². The number of hydrazine groups is 1. The van der Waals surface area contributed by atoms with Crippen molar-refractivity contribution in [2.45, 2.75) is 45.3 Å². The number of aryl methyl sites for hydroxylation is 1. The van der Waals surface area contributed by atoms with Gasteiger partial charge < -0.3 is 19.2 Å². The van der Waals surface area contributed by atoms with Crippen LogP contribution in [0.5, 0.6) is 5.75 Å². The molecule has 3 rings (SSSR count). The number of carbonyl (C=O) groups excluding carboxylic acids is 1. The van der Waals surface area contributed by atoms with Gasteiger partial charge in [0.1, 0.15) is 18.1 Å². The summed E-state index contributed by atoms with van der Waals surface area (Å²) >= 11 is 5.14. The maximum absolute atomic E-state index is 12.2. The molecule has 0 unspecified atom stereocenters. The van der Waals surface area contributed by atoms with Crippen molar-refractivity contribution in [3.8, 4) is 5.75 Å². The molecule has 156 valence electrons. The number of thiocarbonyl (C=S) groups is 1. The molecular weight excluding hydrogens is 390 g/mol. The highest BCUT2D eigenvalue weighted by atomic mass is 32.1. The lowest BCUT2D eigenvalue weighted by Gasteiger charge is -2.14. The van der Waals surface area contributed by atoms with Gasteiger partial charge in [0.15, 0.2) is 10.9 Å². The van der Waals surface area contributed by atoms with Crippen LogP contribution in [0.2, 0.25) is 0 Å². The molecule has 2 aromatic rings. The molecule has 0 aliphatic carbocycles. The number of rotatable bonds is 8. The van der Waals surface area contributed by atoms with Crippen molar-refractivity contribution < 1.29 is 18.7 Å². The van der Waals surface area contributed by atoms with Gasteiger partial charge in [0.05, 0.1) is 6.10 Å². The van der Waals surface area contributed by atoms with Crippen LogP contribution in [0.15, 0.2) is 40.8 Å². The lowest BCUT2D eigenvalue weighted by molar-refractivity contribution is 0.0911. The first-order valence-electron chi connectivity index (χ1n) is 9.90. The van der Waals surface area contributed by atoms with Crippen molar-refractivity contribution >= 4 is 23.2 Å². The largest absolute Gasteiger partial charge is 0.486 e. The zero-order chi connectivity index (χ0) is 20.5. The van der Waals surface area contributed by atoms with Crippen LogP contribution in [-0.2, 0) is 17.8 Å². The predicted octanol–water partition coefficient (Wildman–Crippen LogP) is 3.10. The Kier molecular flexibility index (Phi) is 7.89. The molecule has 1 aliphatic heterocycles. The number of amides is 1. The van der Waals surface area contributed by atoms with Crippen LogP contribution < -0.4 is 20.9 Å². The Labute approximate surface area is 176 Å². The highest BCUT2D eigenvalue weighted by Gasteiger charge is 2.16. The Balaban J connectivity index is 1.39. The van der Waals surface area contributed by atoms with Gasteiger partial charge in [-0.15, -0.1) is 0 Å². The van der Waals surface area contributed by atoms with Crippen molar-refractivity contribution in [3.05, 3.63) is 53.5 Å². The van der Waals surface area contributed by atoms with Crippen LogP contribution in [0.3, 0.4) is 0 Å². The molecule has 29 heavy (non-hydrogen) atoms. The molecule has 7 nitrogen and oxygen atoms in total. The molecular formula is C21H27N3O4S. The second-order valence-corrected chi connectivity index (χ2v) is 7.28. The van der Waals surface area contributed by atoms with E-state index < -0.39 is 5.91 Å². The summed E-state index contributed by atoms with van der Waals surface area (Å²) < 4.78 is 16.8. The zero-order valence-corrected chi connectivity index (χ0v) is 17.3. The summed E-state index contributed by atoms with van der Waals surface area (Å²) in [4.78, 5) is 12.2. The van der Waals surface area contributed by atoms with Crippen molar-refractivity contribution in [1.29, 1.82) is 0 Å². The Morgan fingerprint density at radius 3 is 2.76 bits per heavy atom. The minimum atomic E-state index is -0.415. The Bertz CT molecular complexity index is 801. The maximum Gasteiger partial charge on any atom is 0.305 e. The molecule has 0 bridgehead atoms. The van der Waals surface area contributed by atoms with E-state index in [1.165, 1.54) is 5.56 Å². The fraction of sp³-hybridized carbons (Fsp3) is 0.429. The van der Waals surface area contributed by atoms with Crippen molar-refractivity contribution in [2.75, 3.05) is 13.2 Å². The second kappa shape index (κ2) is 10.8. The van der Waals surface area contributed by atoms with Gasteiger partial charge in [-0.2, -0.15) is 0 Å². The van der Waals surface area contributed by atoms with Gasteiger partial charge >= 0.3 is 5.91 Å². The minimum Gasteiger partial charge on any atom is -0.486 e. The van der Waals surface area contributed by atoms with Gasteiger partial charge in [0, 0.05) is 13.2 Å². The predicted molar refractivity (Wildman–Crippen MR) is 114 cm³/mol. The van der Waals surface area contributed by atoms with Crippen LogP contribution in [0, 0.1) is 0 Å². The van der Waals surface area contributed by atoms with E-state index in [0.717, 1.165) is 38.0 Å².